The van der Waals surface area contributed by atoms with Crippen molar-refractivity contribution in [2.24, 2.45) is 0 Å². The van der Waals surface area contributed by atoms with Crippen molar-refractivity contribution in [3.05, 3.63) is 40.1 Å². The van der Waals surface area contributed by atoms with Crippen LogP contribution in [0.4, 0.5) is 32.0 Å². The van der Waals surface area contributed by atoms with Crippen molar-refractivity contribution in [3.8, 4) is 0 Å². The van der Waals surface area contributed by atoms with Gasteiger partial charge in [-0.25, -0.2) is 4.79 Å². The molecule has 1 aromatic rings. The van der Waals surface area contributed by atoms with E-state index in [4.69, 9.17) is 5.11 Å². The maximum Gasteiger partial charge on any atom is 0.416 e. The summed E-state index contributed by atoms with van der Waals surface area (Å²) in [6, 6.07) is 0.402. The Bertz CT molecular complexity index is 861. The van der Waals surface area contributed by atoms with Crippen molar-refractivity contribution in [1.29, 1.82) is 0 Å². The fourth-order valence-corrected chi connectivity index (χ4v) is 2.79. The number of carbonyl (C=O) groups is 2. The Hall–Kier alpha value is -2.76. The molecule has 1 aliphatic heterocycles. The van der Waals surface area contributed by atoms with Gasteiger partial charge in [0.05, 0.1) is 37.0 Å². The van der Waals surface area contributed by atoms with E-state index in [1.807, 2.05) is 0 Å². The predicted octanol–water partition coefficient (Wildman–Crippen LogP) is 2.71. The zero-order valence-electron chi connectivity index (χ0n) is 15.2. The van der Waals surface area contributed by atoms with E-state index in [2.05, 4.69) is 10.1 Å². The number of nitrogens with zero attached hydrogens (tertiary/aromatic N) is 1. The van der Waals surface area contributed by atoms with Crippen LogP contribution in [-0.2, 0) is 26.7 Å². The summed E-state index contributed by atoms with van der Waals surface area (Å²) in [7, 11) is 1.00. The topological polar surface area (TPSA) is 78.9 Å². The van der Waals surface area contributed by atoms with Crippen LogP contribution in [0.2, 0.25) is 0 Å². The quantitative estimate of drug-likeness (QED) is 0.559. The summed E-state index contributed by atoms with van der Waals surface area (Å²) in [5, 5.41) is 11.2. The highest BCUT2D eigenvalue weighted by molar-refractivity contribution is 6.08. The Labute approximate surface area is 160 Å². The summed E-state index contributed by atoms with van der Waals surface area (Å²) < 4.78 is 83.5. The molecule has 0 fully saturated rings. The van der Waals surface area contributed by atoms with Gasteiger partial charge < -0.3 is 20.1 Å². The Morgan fingerprint density at radius 2 is 1.83 bits per heavy atom. The monoisotopic (exact) mass is 426 g/mol. The molecule has 0 saturated carbocycles. The van der Waals surface area contributed by atoms with Gasteiger partial charge in [-0.1, -0.05) is 0 Å². The van der Waals surface area contributed by atoms with Gasteiger partial charge in [-0.15, -0.1) is 0 Å². The van der Waals surface area contributed by atoms with E-state index in [-0.39, 0.29) is 24.7 Å². The maximum absolute atomic E-state index is 13.2. The standard InChI is InChI=1S/C17H16F6N2O4/c1-8-11(17(21,22)23)5-9(16(18,19)20)6-12(8)24-13-10(15(28)29-2)7-25(3-4-26)14(13)27/h5-6,24,26H,3-4,7H2,1-2H3. The summed E-state index contributed by atoms with van der Waals surface area (Å²) in [5.74, 6) is -1.85. The fraction of sp³-hybridized carbons (Fsp3) is 0.412. The summed E-state index contributed by atoms with van der Waals surface area (Å²) in [6.45, 7) is -0.0404. The van der Waals surface area contributed by atoms with Crippen LogP contribution in [0.1, 0.15) is 16.7 Å². The number of benzene rings is 1. The molecule has 0 radical (unpaired) electrons. The highest BCUT2D eigenvalue weighted by atomic mass is 19.4. The van der Waals surface area contributed by atoms with Gasteiger partial charge in [-0.05, 0) is 24.6 Å². The minimum absolute atomic E-state index is 0.0232. The number of ether oxygens (including phenoxy) is 1. The number of rotatable bonds is 5. The third kappa shape index (κ3) is 4.63. The van der Waals surface area contributed by atoms with Crippen molar-refractivity contribution in [2.75, 3.05) is 32.1 Å². The first-order valence-corrected chi connectivity index (χ1v) is 8.09. The molecule has 0 atom stereocenters. The zero-order valence-corrected chi connectivity index (χ0v) is 15.2. The third-order valence-corrected chi connectivity index (χ3v) is 4.25. The molecule has 12 heteroatoms. The Balaban J connectivity index is 2.61. The van der Waals surface area contributed by atoms with Crippen molar-refractivity contribution >= 4 is 17.6 Å². The number of amides is 1. The lowest BCUT2D eigenvalue weighted by molar-refractivity contribution is -0.143. The van der Waals surface area contributed by atoms with E-state index in [0.29, 0.717) is 6.07 Å². The van der Waals surface area contributed by atoms with E-state index < -0.39 is 58.9 Å². The van der Waals surface area contributed by atoms with Gasteiger partial charge in [0.25, 0.3) is 5.91 Å². The van der Waals surface area contributed by atoms with Crippen LogP contribution in [-0.4, -0.2) is 48.7 Å². The van der Waals surface area contributed by atoms with Crippen molar-refractivity contribution < 1.29 is 45.8 Å². The number of β-amino-alcohol motifs (C(OH)–C–C–N with tert-alkyl or cyclic N) is 1. The second-order valence-corrected chi connectivity index (χ2v) is 6.11. The number of hydrogen-bond donors (Lipinski definition) is 2. The molecule has 0 bridgehead atoms. The molecular weight excluding hydrogens is 410 g/mol. The minimum atomic E-state index is -5.08. The summed E-state index contributed by atoms with van der Waals surface area (Å²) >= 11 is 0. The average molecular weight is 426 g/mol. The maximum atomic E-state index is 13.2. The molecule has 0 saturated heterocycles. The number of methoxy groups -OCH3 is 1. The number of esters is 1. The first kappa shape index (κ1) is 22.5. The lowest BCUT2D eigenvalue weighted by Crippen LogP contribution is -2.31. The van der Waals surface area contributed by atoms with Gasteiger partial charge in [0.15, 0.2) is 0 Å². The molecule has 29 heavy (non-hydrogen) atoms. The Kier molecular flexibility index (Phi) is 6.16. The molecule has 1 aliphatic rings. The van der Waals surface area contributed by atoms with E-state index >= 15 is 0 Å². The molecular formula is C17H16F6N2O4. The fourth-order valence-electron chi connectivity index (χ4n) is 2.79. The molecule has 6 nitrogen and oxygen atoms in total. The number of alkyl halides is 6. The van der Waals surface area contributed by atoms with E-state index in [1.165, 1.54) is 0 Å². The number of aliphatic hydroxyl groups is 1. The SMILES string of the molecule is COC(=O)C1=C(Nc2cc(C(F)(F)F)cc(C(F)(F)F)c2C)C(=O)N(CCO)C1. The van der Waals surface area contributed by atoms with Crippen molar-refractivity contribution in [3.63, 3.8) is 0 Å². The van der Waals surface area contributed by atoms with Gasteiger partial charge >= 0.3 is 18.3 Å². The van der Waals surface area contributed by atoms with Crippen LogP contribution in [0, 0.1) is 6.92 Å². The second kappa shape index (κ2) is 7.93. The number of hydrogen-bond acceptors (Lipinski definition) is 5. The van der Waals surface area contributed by atoms with Crippen LogP contribution in [0.3, 0.4) is 0 Å². The van der Waals surface area contributed by atoms with Crippen LogP contribution in [0.25, 0.3) is 0 Å². The normalized spacial score (nSPS) is 15.2. The number of aliphatic hydroxyl groups excluding tert-OH is 1. The molecule has 2 N–H and O–H groups in total. The molecule has 0 unspecified atom stereocenters. The Morgan fingerprint density at radius 3 is 2.31 bits per heavy atom. The van der Waals surface area contributed by atoms with Crippen LogP contribution < -0.4 is 5.32 Å². The smallest absolute Gasteiger partial charge is 0.416 e. The third-order valence-electron chi connectivity index (χ3n) is 4.25. The van der Waals surface area contributed by atoms with E-state index in [1.54, 1.807) is 0 Å². The predicted molar refractivity (Wildman–Crippen MR) is 87.5 cm³/mol. The zero-order chi connectivity index (χ0) is 22.1. The van der Waals surface area contributed by atoms with Crippen molar-refractivity contribution in [1.82, 2.24) is 4.90 Å². The minimum Gasteiger partial charge on any atom is -0.466 e. The molecule has 0 aliphatic carbocycles. The summed E-state index contributed by atoms with van der Waals surface area (Å²) in [4.78, 5) is 25.4. The molecule has 1 amide bonds. The average Bonchev–Trinajstić information content (AvgIpc) is 2.90. The molecule has 1 heterocycles. The van der Waals surface area contributed by atoms with Gasteiger partial charge in [0.1, 0.15) is 5.70 Å². The largest absolute Gasteiger partial charge is 0.466 e. The van der Waals surface area contributed by atoms with Crippen LogP contribution >= 0.6 is 0 Å². The number of halogens is 6. The first-order chi connectivity index (χ1) is 13.3. The molecule has 2 rings (SSSR count). The van der Waals surface area contributed by atoms with Gasteiger partial charge in [0, 0.05) is 12.2 Å². The molecule has 0 spiro atoms. The van der Waals surface area contributed by atoms with Crippen LogP contribution in [0.15, 0.2) is 23.4 Å². The highest BCUT2D eigenvalue weighted by Crippen LogP contribution is 2.41. The van der Waals surface area contributed by atoms with E-state index in [0.717, 1.165) is 18.9 Å². The first-order valence-electron chi connectivity index (χ1n) is 8.09. The lowest BCUT2D eigenvalue weighted by atomic mass is 10.0. The summed E-state index contributed by atoms with van der Waals surface area (Å²) in [5.41, 5.74) is -5.13. The number of nitrogens with one attached hydrogen (secondary N) is 1. The molecule has 160 valence electrons. The van der Waals surface area contributed by atoms with Crippen LogP contribution in [0.5, 0.6) is 0 Å². The second-order valence-electron chi connectivity index (χ2n) is 6.11. The lowest BCUT2D eigenvalue weighted by Gasteiger charge is -2.20. The molecule has 0 aromatic heterocycles. The van der Waals surface area contributed by atoms with Gasteiger partial charge in [-0.2, -0.15) is 26.3 Å². The van der Waals surface area contributed by atoms with Crippen molar-refractivity contribution in [2.45, 2.75) is 19.3 Å². The summed E-state index contributed by atoms with van der Waals surface area (Å²) in [6.07, 6.45) is -10.2. The van der Waals surface area contributed by atoms with Gasteiger partial charge in [-0.3, -0.25) is 4.79 Å². The number of carbonyl (C=O) groups excluding carboxylic acids is 2. The molecule has 1 aromatic carbocycles. The Morgan fingerprint density at radius 1 is 1.21 bits per heavy atom. The van der Waals surface area contributed by atoms with E-state index in [9.17, 15) is 35.9 Å². The number of anilines is 1. The van der Waals surface area contributed by atoms with Gasteiger partial charge in [0.2, 0.25) is 0 Å². The highest BCUT2D eigenvalue weighted by Gasteiger charge is 2.40.